The van der Waals surface area contributed by atoms with Crippen molar-refractivity contribution in [2.24, 2.45) is 0 Å². The van der Waals surface area contributed by atoms with Crippen molar-refractivity contribution >= 4 is 27.3 Å². The lowest BCUT2D eigenvalue weighted by atomic mass is 10.2. The highest BCUT2D eigenvalue weighted by molar-refractivity contribution is 7.16. The number of ether oxygens (including phenoxy) is 1. The lowest BCUT2D eigenvalue weighted by Gasteiger charge is -2.05. The lowest BCUT2D eigenvalue weighted by Crippen LogP contribution is -1.96. The number of rotatable bonds is 4. The van der Waals surface area contributed by atoms with E-state index in [1.807, 2.05) is 0 Å². The fourth-order valence-corrected chi connectivity index (χ4v) is 2.52. The average Bonchev–Trinajstić information content (AvgIpc) is 2.84. The monoisotopic (exact) mass is 303 g/mol. The molecule has 7 heteroatoms. The number of nitro benzene ring substituents is 1. The maximum absolute atomic E-state index is 11.1. The molecule has 0 aliphatic rings. The number of benzene rings is 2. The van der Waals surface area contributed by atoms with E-state index in [2.05, 4.69) is 0 Å². The third kappa shape index (κ3) is 2.92. The van der Waals surface area contributed by atoms with E-state index in [9.17, 15) is 14.9 Å². The summed E-state index contributed by atoms with van der Waals surface area (Å²) >= 11 is 1.03. The molecule has 3 aromatic rings. The second kappa shape index (κ2) is 5.37. The molecular formula is C14H9NO5S. The molecule has 1 aromatic heterocycles. The molecule has 0 spiro atoms. The molecule has 0 saturated heterocycles. The molecule has 0 bridgehead atoms. The Bertz CT molecular complexity index is 867. The summed E-state index contributed by atoms with van der Waals surface area (Å²) < 4.78 is 11.3. The van der Waals surface area contributed by atoms with E-state index < -0.39 is 4.92 Å². The van der Waals surface area contributed by atoms with E-state index in [-0.39, 0.29) is 17.2 Å². The van der Waals surface area contributed by atoms with Crippen molar-refractivity contribution in [1.29, 1.82) is 0 Å². The smallest absolute Gasteiger partial charge is 0.396 e. The van der Waals surface area contributed by atoms with Crippen molar-refractivity contribution in [3.05, 3.63) is 67.9 Å². The molecule has 0 atom stereocenters. The number of hydrogen-bond donors (Lipinski definition) is 0. The Labute approximate surface area is 122 Å². The summed E-state index contributed by atoms with van der Waals surface area (Å²) in [5.74, 6) is 0.538. The molecule has 21 heavy (non-hydrogen) atoms. The molecule has 0 saturated carbocycles. The molecule has 1 heterocycles. The number of hydrogen-bond acceptors (Lipinski definition) is 6. The maximum atomic E-state index is 11.1. The van der Waals surface area contributed by atoms with Crippen molar-refractivity contribution in [2.75, 3.05) is 0 Å². The molecule has 2 aromatic carbocycles. The molecule has 0 unspecified atom stereocenters. The molecule has 3 rings (SSSR count). The van der Waals surface area contributed by atoms with Crippen LogP contribution in [0.4, 0.5) is 5.69 Å². The molecule has 0 amide bonds. The quantitative estimate of drug-likeness (QED) is 0.545. The van der Waals surface area contributed by atoms with E-state index in [4.69, 9.17) is 9.15 Å². The van der Waals surface area contributed by atoms with Crippen molar-refractivity contribution in [2.45, 2.75) is 6.61 Å². The highest BCUT2D eigenvalue weighted by Crippen LogP contribution is 2.23. The third-order valence-corrected chi connectivity index (χ3v) is 3.64. The average molecular weight is 303 g/mol. The van der Waals surface area contributed by atoms with Gasteiger partial charge in [-0.05, 0) is 17.7 Å². The van der Waals surface area contributed by atoms with E-state index in [1.165, 1.54) is 12.1 Å². The van der Waals surface area contributed by atoms with E-state index >= 15 is 0 Å². The first kappa shape index (κ1) is 13.3. The minimum absolute atomic E-state index is 0.0235. The van der Waals surface area contributed by atoms with E-state index in [0.717, 1.165) is 16.0 Å². The van der Waals surface area contributed by atoms with Crippen LogP contribution in [0.15, 0.2) is 51.7 Å². The van der Waals surface area contributed by atoms with Crippen molar-refractivity contribution in [1.82, 2.24) is 0 Å². The van der Waals surface area contributed by atoms with Crippen LogP contribution < -0.4 is 9.68 Å². The van der Waals surface area contributed by atoms with Crippen LogP contribution in [0, 0.1) is 10.1 Å². The number of fused-ring (bicyclic) bond motifs is 1. The van der Waals surface area contributed by atoms with Gasteiger partial charge < -0.3 is 9.15 Å². The summed E-state index contributed by atoms with van der Waals surface area (Å²) in [5.41, 5.74) is 1.19. The number of nitrogens with zero attached hydrogens (tertiary/aromatic N) is 1. The minimum atomic E-state index is -0.449. The molecular weight excluding hydrogens is 294 g/mol. The Hall–Kier alpha value is -2.67. The van der Waals surface area contributed by atoms with Gasteiger partial charge in [-0.2, -0.15) is 0 Å². The van der Waals surface area contributed by atoms with Crippen molar-refractivity contribution in [3.8, 4) is 5.75 Å². The van der Waals surface area contributed by atoms with Gasteiger partial charge in [0.15, 0.2) is 5.58 Å². The van der Waals surface area contributed by atoms with Crippen LogP contribution in [0.1, 0.15) is 5.56 Å². The molecule has 0 N–H and O–H groups in total. The first-order chi connectivity index (χ1) is 10.1. The van der Waals surface area contributed by atoms with Crippen LogP contribution in [0.3, 0.4) is 0 Å². The predicted octanol–water partition coefficient (Wildman–Crippen LogP) is 3.34. The standard InChI is InChI=1S/C14H9NO5S/c16-14-20-12-7-11(4-5-13(12)21-14)19-8-9-2-1-3-10(6-9)15(17)18/h1-7H,8H2. The number of non-ortho nitro benzene ring substituents is 1. The SMILES string of the molecule is O=c1oc2cc(OCc3cccc([N+](=O)[O-])c3)ccc2s1. The second-order valence-electron chi connectivity index (χ2n) is 4.28. The molecule has 6 nitrogen and oxygen atoms in total. The Kier molecular flexibility index (Phi) is 3.41. The van der Waals surface area contributed by atoms with Crippen LogP contribution in [-0.2, 0) is 6.61 Å². The first-order valence-corrected chi connectivity index (χ1v) is 6.83. The Morgan fingerprint density at radius 2 is 2.10 bits per heavy atom. The largest absolute Gasteiger partial charge is 0.489 e. The minimum Gasteiger partial charge on any atom is -0.489 e. The molecule has 0 radical (unpaired) electrons. The van der Waals surface area contributed by atoms with Gasteiger partial charge in [0, 0.05) is 18.2 Å². The molecule has 106 valence electrons. The van der Waals surface area contributed by atoms with Gasteiger partial charge in [-0.15, -0.1) is 0 Å². The van der Waals surface area contributed by atoms with Crippen LogP contribution in [-0.4, -0.2) is 4.92 Å². The fraction of sp³-hybridized carbons (Fsp3) is 0.0714. The van der Waals surface area contributed by atoms with Crippen LogP contribution in [0.25, 0.3) is 10.3 Å². The second-order valence-corrected chi connectivity index (χ2v) is 5.26. The normalized spacial score (nSPS) is 10.7. The highest BCUT2D eigenvalue weighted by Gasteiger charge is 2.07. The fourth-order valence-electron chi connectivity index (χ4n) is 1.87. The Morgan fingerprint density at radius 3 is 2.90 bits per heavy atom. The first-order valence-electron chi connectivity index (χ1n) is 6.02. The summed E-state index contributed by atoms with van der Waals surface area (Å²) in [6, 6.07) is 11.3. The van der Waals surface area contributed by atoms with Crippen molar-refractivity contribution < 1.29 is 14.1 Å². The van der Waals surface area contributed by atoms with Crippen LogP contribution in [0.5, 0.6) is 5.75 Å². The maximum Gasteiger partial charge on any atom is 0.396 e. The third-order valence-electron chi connectivity index (χ3n) is 2.83. The van der Waals surface area contributed by atoms with Gasteiger partial charge >= 0.3 is 4.94 Å². The summed E-state index contributed by atoms with van der Waals surface area (Å²) in [6.45, 7) is 0.196. The summed E-state index contributed by atoms with van der Waals surface area (Å²) in [5, 5.41) is 10.7. The zero-order chi connectivity index (χ0) is 14.8. The zero-order valence-electron chi connectivity index (χ0n) is 10.6. The van der Waals surface area contributed by atoms with Gasteiger partial charge in [-0.3, -0.25) is 10.1 Å². The van der Waals surface area contributed by atoms with Gasteiger partial charge in [0.05, 0.1) is 9.62 Å². The van der Waals surface area contributed by atoms with E-state index in [0.29, 0.717) is 16.9 Å². The summed E-state index contributed by atoms with van der Waals surface area (Å²) in [7, 11) is 0. The van der Waals surface area contributed by atoms with Gasteiger partial charge in [0.25, 0.3) is 5.69 Å². The molecule has 0 fully saturated rings. The van der Waals surface area contributed by atoms with Gasteiger partial charge in [0.1, 0.15) is 12.4 Å². The van der Waals surface area contributed by atoms with Crippen LogP contribution >= 0.6 is 11.3 Å². The summed E-state index contributed by atoms with van der Waals surface area (Å²) in [4.78, 5) is 21.0. The van der Waals surface area contributed by atoms with E-state index in [1.54, 1.807) is 30.3 Å². The molecule has 0 aliphatic carbocycles. The van der Waals surface area contributed by atoms with Gasteiger partial charge in [-0.1, -0.05) is 23.5 Å². The summed E-state index contributed by atoms with van der Waals surface area (Å²) in [6.07, 6.45) is 0. The topological polar surface area (TPSA) is 82.6 Å². The predicted molar refractivity (Wildman–Crippen MR) is 77.8 cm³/mol. The lowest BCUT2D eigenvalue weighted by molar-refractivity contribution is -0.384. The van der Waals surface area contributed by atoms with Crippen molar-refractivity contribution in [3.63, 3.8) is 0 Å². The Morgan fingerprint density at radius 1 is 1.24 bits per heavy atom. The van der Waals surface area contributed by atoms with Crippen LogP contribution in [0.2, 0.25) is 0 Å². The highest BCUT2D eigenvalue weighted by atomic mass is 32.1. The molecule has 0 aliphatic heterocycles. The zero-order valence-corrected chi connectivity index (χ0v) is 11.5. The Balaban J connectivity index is 1.78. The number of nitro groups is 1. The van der Waals surface area contributed by atoms with Gasteiger partial charge in [0.2, 0.25) is 0 Å². The van der Waals surface area contributed by atoms with Gasteiger partial charge in [-0.25, -0.2) is 4.79 Å².